The maximum absolute atomic E-state index is 6.05. The van der Waals surface area contributed by atoms with Crippen molar-refractivity contribution >= 4 is 38.6 Å². The van der Waals surface area contributed by atoms with E-state index in [4.69, 9.17) is 16.3 Å². The van der Waals surface area contributed by atoms with E-state index in [1.165, 1.54) is 0 Å². The average molecular weight is 366 g/mol. The molecule has 3 rings (SSSR count). The number of rotatable bonds is 4. The molecule has 0 saturated heterocycles. The van der Waals surface area contributed by atoms with Crippen molar-refractivity contribution in [1.82, 2.24) is 9.55 Å². The molecule has 0 radical (unpaired) electrons. The van der Waals surface area contributed by atoms with Crippen LogP contribution < -0.4 is 4.74 Å². The van der Waals surface area contributed by atoms with Gasteiger partial charge in [0.05, 0.1) is 23.5 Å². The van der Waals surface area contributed by atoms with Crippen LogP contribution in [0.2, 0.25) is 0 Å². The van der Waals surface area contributed by atoms with Gasteiger partial charge in [-0.3, -0.25) is 4.57 Å². The van der Waals surface area contributed by atoms with E-state index in [1.54, 1.807) is 0 Å². The predicted octanol–water partition coefficient (Wildman–Crippen LogP) is 4.93. The third-order valence-corrected chi connectivity index (χ3v) is 3.94. The van der Waals surface area contributed by atoms with Gasteiger partial charge in [-0.1, -0.05) is 15.9 Å². The van der Waals surface area contributed by atoms with Gasteiger partial charge in [0.25, 0.3) is 0 Å². The second-order valence-corrected chi connectivity index (χ2v) is 5.74. The first-order chi connectivity index (χ1) is 10.2. The van der Waals surface area contributed by atoms with E-state index in [1.807, 2.05) is 43.3 Å². The maximum Gasteiger partial charge on any atom is 0.129 e. The maximum atomic E-state index is 6.05. The van der Waals surface area contributed by atoms with E-state index in [0.717, 1.165) is 32.8 Å². The molecule has 0 bridgehead atoms. The Morgan fingerprint density at radius 2 is 1.95 bits per heavy atom. The van der Waals surface area contributed by atoms with E-state index < -0.39 is 0 Å². The van der Waals surface area contributed by atoms with Crippen molar-refractivity contribution in [3.8, 4) is 11.4 Å². The lowest BCUT2D eigenvalue weighted by Crippen LogP contribution is -1.99. The van der Waals surface area contributed by atoms with Crippen molar-refractivity contribution in [2.75, 3.05) is 6.61 Å². The van der Waals surface area contributed by atoms with Crippen molar-refractivity contribution in [1.29, 1.82) is 0 Å². The quantitative estimate of drug-likeness (QED) is 0.613. The number of aromatic nitrogens is 2. The summed E-state index contributed by atoms with van der Waals surface area (Å²) in [6, 6.07) is 14.0. The summed E-state index contributed by atoms with van der Waals surface area (Å²) >= 11 is 9.56. The number of halogens is 2. The van der Waals surface area contributed by atoms with Gasteiger partial charge in [-0.2, -0.15) is 0 Å². The fourth-order valence-corrected chi connectivity index (χ4v) is 2.86. The molecule has 0 aliphatic rings. The lowest BCUT2D eigenvalue weighted by molar-refractivity contribution is 0.340. The predicted molar refractivity (Wildman–Crippen MR) is 89.5 cm³/mol. The molecular weight excluding hydrogens is 352 g/mol. The molecule has 0 atom stereocenters. The van der Waals surface area contributed by atoms with Crippen LogP contribution in [0.15, 0.2) is 46.9 Å². The highest BCUT2D eigenvalue weighted by Crippen LogP contribution is 2.26. The monoisotopic (exact) mass is 364 g/mol. The van der Waals surface area contributed by atoms with Crippen LogP contribution in [0.3, 0.4) is 0 Å². The highest BCUT2D eigenvalue weighted by molar-refractivity contribution is 9.10. The molecule has 0 saturated carbocycles. The number of benzene rings is 2. The lowest BCUT2D eigenvalue weighted by Gasteiger charge is -2.09. The van der Waals surface area contributed by atoms with Crippen LogP contribution in [-0.2, 0) is 5.88 Å². The Bertz CT molecular complexity index is 768. The van der Waals surface area contributed by atoms with Crippen LogP contribution in [0.4, 0.5) is 0 Å². The first-order valence-electron chi connectivity index (χ1n) is 6.69. The van der Waals surface area contributed by atoms with Crippen LogP contribution >= 0.6 is 27.5 Å². The molecule has 0 fully saturated rings. The second-order valence-electron chi connectivity index (χ2n) is 4.56. The van der Waals surface area contributed by atoms with E-state index in [2.05, 4.69) is 31.5 Å². The SMILES string of the molecule is CCOc1ccc(-n2c(CCl)nc3ccc(Br)cc32)cc1. The average Bonchev–Trinajstić information content (AvgIpc) is 2.86. The molecule has 1 heterocycles. The number of imidazole rings is 1. The van der Waals surface area contributed by atoms with Gasteiger partial charge in [0.2, 0.25) is 0 Å². The Kier molecular flexibility index (Phi) is 4.17. The standard InChI is InChI=1S/C16H14BrClN2O/c1-2-21-13-6-4-12(5-7-13)20-15-9-11(17)3-8-14(15)19-16(20)10-18/h3-9H,2,10H2,1H3. The van der Waals surface area contributed by atoms with Crippen LogP contribution in [0.25, 0.3) is 16.7 Å². The van der Waals surface area contributed by atoms with E-state index in [9.17, 15) is 0 Å². The second kappa shape index (κ2) is 6.08. The summed E-state index contributed by atoms with van der Waals surface area (Å²) in [4.78, 5) is 4.59. The fraction of sp³-hybridized carbons (Fsp3) is 0.188. The van der Waals surface area contributed by atoms with Crippen molar-refractivity contribution in [3.63, 3.8) is 0 Å². The molecule has 5 heteroatoms. The van der Waals surface area contributed by atoms with Crippen molar-refractivity contribution in [2.45, 2.75) is 12.8 Å². The van der Waals surface area contributed by atoms with Crippen LogP contribution in [0.1, 0.15) is 12.7 Å². The number of hydrogen-bond donors (Lipinski definition) is 0. The minimum atomic E-state index is 0.361. The van der Waals surface area contributed by atoms with Gasteiger partial charge in [-0.15, -0.1) is 11.6 Å². The Morgan fingerprint density at radius 1 is 1.19 bits per heavy atom. The van der Waals surface area contributed by atoms with Gasteiger partial charge in [-0.05, 0) is 49.4 Å². The Labute approximate surface area is 136 Å². The van der Waals surface area contributed by atoms with Crippen LogP contribution in [0, 0.1) is 0 Å². The van der Waals surface area contributed by atoms with Gasteiger partial charge < -0.3 is 4.74 Å². The minimum absolute atomic E-state index is 0.361. The molecule has 108 valence electrons. The summed E-state index contributed by atoms with van der Waals surface area (Å²) in [6.45, 7) is 2.63. The molecule has 0 spiro atoms. The summed E-state index contributed by atoms with van der Waals surface area (Å²) in [5, 5.41) is 0. The number of hydrogen-bond acceptors (Lipinski definition) is 2. The zero-order valence-electron chi connectivity index (χ0n) is 11.5. The summed E-state index contributed by atoms with van der Waals surface area (Å²) < 4.78 is 8.57. The van der Waals surface area contributed by atoms with Crippen LogP contribution in [0.5, 0.6) is 5.75 Å². The van der Waals surface area contributed by atoms with E-state index in [-0.39, 0.29) is 0 Å². The molecule has 3 aromatic rings. The van der Waals surface area contributed by atoms with E-state index >= 15 is 0 Å². The molecule has 0 unspecified atom stereocenters. The lowest BCUT2D eigenvalue weighted by atomic mass is 10.2. The highest BCUT2D eigenvalue weighted by Gasteiger charge is 2.12. The molecule has 21 heavy (non-hydrogen) atoms. The number of alkyl halides is 1. The van der Waals surface area contributed by atoms with E-state index in [0.29, 0.717) is 12.5 Å². The highest BCUT2D eigenvalue weighted by atomic mass is 79.9. The van der Waals surface area contributed by atoms with Gasteiger partial charge in [0, 0.05) is 10.2 Å². The minimum Gasteiger partial charge on any atom is -0.494 e. The summed E-state index contributed by atoms with van der Waals surface area (Å²) in [6.07, 6.45) is 0. The third-order valence-electron chi connectivity index (χ3n) is 3.21. The van der Waals surface area contributed by atoms with Crippen molar-refractivity contribution < 1.29 is 4.74 Å². The smallest absolute Gasteiger partial charge is 0.129 e. The molecule has 2 aromatic carbocycles. The first-order valence-corrected chi connectivity index (χ1v) is 8.01. The fourth-order valence-electron chi connectivity index (χ4n) is 2.33. The number of nitrogens with zero attached hydrogens (tertiary/aromatic N) is 2. The molecular formula is C16H14BrClN2O. The molecule has 0 aliphatic carbocycles. The molecule has 0 N–H and O–H groups in total. The zero-order valence-corrected chi connectivity index (χ0v) is 13.9. The van der Waals surface area contributed by atoms with Gasteiger partial charge in [-0.25, -0.2) is 4.98 Å². The number of fused-ring (bicyclic) bond motifs is 1. The summed E-state index contributed by atoms with van der Waals surface area (Å²) in [5.74, 6) is 2.05. The largest absolute Gasteiger partial charge is 0.494 e. The molecule has 3 nitrogen and oxygen atoms in total. The molecule has 0 amide bonds. The summed E-state index contributed by atoms with van der Waals surface area (Å²) in [5.41, 5.74) is 2.99. The normalized spacial score (nSPS) is 11.0. The first kappa shape index (κ1) is 14.4. The zero-order chi connectivity index (χ0) is 14.8. The Balaban J connectivity index is 2.15. The third kappa shape index (κ3) is 2.78. The van der Waals surface area contributed by atoms with Gasteiger partial charge >= 0.3 is 0 Å². The summed E-state index contributed by atoms with van der Waals surface area (Å²) in [7, 11) is 0. The van der Waals surface area contributed by atoms with Crippen LogP contribution in [-0.4, -0.2) is 16.2 Å². The molecule has 0 aliphatic heterocycles. The van der Waals surface area contributed by atoms with Gasteiger partial charge in [0.15, 0.2) is 0 Å². The topological polar surface area (TPSA) is 27.1 Å². The van der Waals surface area contributed by atoms with Gasteiger partial charge in [0.1, 0.15) is 11.6 Å². The van der Waals surface area contributed by atoms with Crippen molar-refractivity contribution in [3.05, 3.63) is 52.8 Å². The number of ether oxygens (including phenoxy) is 1. The molecule has 1 aromatic heterocycles. The van der Waals surface area contributed by atoms with Crippen molar-refractivity contribution in [2.24, 2.45) is 0 Å². The Hall–Kier alpha value is -1.52. The Morgan fingerprint density at radius 3 is 2.62 bits per heavy atom.